The predicted molar refractivity (Wildman–Crippen MR) is 132 cm³/mol. The number of aryl methyl sites for hydroxylation is 2. The number of benzene rings is 1. The van der Waals surface area contributed by atoms with Gasteiger partial charge in [0.1, 0.15) is 11.6 Å². The highest BCUT2D eigenvalue weighted by atomic mass is 19.1. The van der Waals surface area contributed by atoms with Crippen molar-refractivity contribution in [3.8, 4) is 11.9 Å². The Balaban J connectivity index is 1.30. The quantitative estimate of drug-likeness (QED) is 0.512. The Kier molecular flexibility index (Phi) is 6.58. The Morgan fingerprint density at radius 2 is 1.95 bits per heavy atom. The molecule has 38 heavy (non-hydrogen) atoms. The van der Waals surface area contributed by atoms with Gasteiger partial charge in [0.15, 0.2) is 11.6 Å². The molecule has 1 fully saturated rings. The van der Waals surface area contributed by atoms with E-state index in [2.05, 4.69) is 20.2 Å². The van der Waals surface area contributed by atoms with Crippen LogP contribution in [0.25, 0.3) is 5.82 Å². The SMILES string of the molecule is CCn1nc(C)n(-c2nc(N3CCN(C(=O)N4N=CCC4c4cc(F)cc(C#N)c4)CC3)ncc2F)c1=O. The van der Waals surface area contributed by atoms with Crippen LogP contribution >= 0.6 is 0 Å². The van der Waals surface area contributed by atoms with Crippen molar-refractivity contribution in [3.05, 3.63) is 63.5 Å². The van der Waals surface area contributed by atoms with Gasteiger partial charge in [0, 0.05) is 45.4 Å². The summed E-state index contributed by atoms with van der Waals surface area (Å²) in [6.45, 7) is 5.04. The second-order valence-electron chi connectivity index (χ2n) is 8.86. The van der Waals surface area contributed by atoms with Crippen LogP contribution in [0, 0.1) is 29.9 Å². The normalized spacial score (nSPS) is 17.2. The number of anilines is 1. The van der Waals surface area contributed by atoms with Crippen molar-refractivity contribution in [2.75, 3.05) is 31.1 Å². The van der Waals surface area contributed by atoms with E-state index in [1.165, 1.54) is 15.8 Å². The van der Waals surface area contributed by atoms with Gasteiger partial charge in [-0.1, -0.05) is 0 Å². The zero-order valence-corrected chi connectivity index (χ0v) is 20.8. The van der Waals surface area contributed by atoms with Crippen molar-refractivity contribution >= 4 is 18.2 Å². The van der Waals surface area contributed by atoms with Crippen molar-refractivity contribution in [1.29, 1.82) is 5.26 Å². The average molecular weight is 523 g/mol. The summed E-state index contributed by atoms with van der Waals surface area (Å²) < 4.78 is 31.0. The number of rotatable bonds is 4. The third-order valence-electron chi connectivity index (χ3n) is 6.52. The lowest BCUT2D eigenvalue weighted by atomic mass is 10.0. The topological polar surface area (TPSA) is 129 Å². The molecular formula is C24H24F2N10O2. The average Bonchev–Trinajstić information content (AvgIpc) is 3.52. The van der Waals surface area contributed by atoms with Crippen LogP contribution < -0.4 is 10.6 Å². The molecule has 5 rings (SSSR count). The zero-order valence-electron chi connectivity index (χ0n) is 20.8. The Labute approximate surface area is 216 Å². The first-order valence-corrected chi connectivity index (χ1v) is 12.1. The minimum atomic E-state index is -0.752. The number of urea groups is 1. The van der Waals surface area contributed by atoms with E-state index in [9.17, 15) is 23.6 Å². The van der Waals surface area contributed by atoms with E-state index in [0.717, 1.165) is 16.8 Å². The lowest BCUT2D eigenvalue weighted by molar-refractivity contribution is 0.139. The van der Waals surface area contributed by atoms with Crippen LogP contribution in [0.2, 0.25) is 0 Å². The number of hydrogen-bond donors (Lipinski definition) is 0. The van der Waals surface area contributed by atoms with E-state index in [4.69, 9.17) is 0 Å². The molecule has 196 valence electrons. The second kappa shape index (κ2) is 10.0. The van der Waals surface area contributed by atoms with E-state index < -0.39 is 23.4 Å². The van der Waals surface area contributed by atoms with Crippen LogP contribution in [0.1, 0.15) is 36.3 Å². The van der Waals surface area contributed by atoms with Gasteiger partial charge in [-0.05, 0) is 37.6 Å². The molecule has 4 heterocycles. The van der Waals surface area contributed by atoms with Crippen LogP contribution in [0.15, 0.2) is 34.3 Å². The molecular weight excluding hydrogens is 498 g/mol. The summed E-state index contributed by atoms with van der Waals surface area (Å²) >= 11 is 0. The first-order chi connectivity index (χ1) is 18.3. The first-order valence-electron chi connectivity index (χ1n) is 12.1. The smallest absolute Gasteiger partial charge is 0.337 e. The fourth-order valence-electron chi connectivity index (χ4n) is 4.61. The summed E-state index contributed by atoms with van der Waals surface area (Å²) in [7, 11) is 0. The molecule has 0 bridgehead atoms. The molecule has 0 N–H and O–H groups in total. The molecule has 0 saturated carbocycles. The fraction of sp³-hybridized carbons (Fsp3) is 0.375. The highest BCUT2D eigenvalue weighted by Crippen LogP contribution is 2.30. The van der Waals surface area contributed by atoms with Crippen LogP contribution in [-0.2, 0) is 6.54 Å². The number of nitrogens with zero attached hydrogens (tertiary/aromatic N) is 10. The Hall–Kier alpha value is -4.67. The van der Waals surface area contributed by atoms with Gasteiger partial charge in [-0.25, -0.2) is 37.6 Å². The molecule has 0 aliphatic carbocycles. The zero-order chi connectivity index (χ0) is 27.0. The minimum absolute atomic E-state index is 0.172. The highest BCUT2D eigenvalue weighted by Gasteiger charge is 2.34. The predicted octanol–water partition coefficient (Wildman–Crippen LogP) is 1.98. The van der Waals surface area contributed by atoms with Gasteiger partial charge in [-0.2, -0.15) is 20.4 Å². The number of piperazine rings is 1. The van der Waals surface area contributed by atoms with E-state index in [-0.39, 0.29) is 23.4 Å². The number of carbonyl (C=O) groups is 1. The highest BCUT2D eigenvalue weighted by molar-refractivity contribution is 5.78. The number of aromatic nitrogens is 5. The van der Waals surface area contributed by atoms with Gasteiger partial charge in [-0.3, -0.25) is 0 Å². The molecule has 2 aliphatic rings. The van der Waals surface area contributed by atoms with Crippen molar-refractivity contribution in [2.24, 2.45) is 5.10 Å². The lowest BCUT2D eigenvalue weighted by Gasteiger charge is -2.37. The third kappa shape index (κ3) is 4.47. The molecule has 0 radical (unpaired) electrons. The number of nitriles is 1. The van der Waals surface area contributed by atoms with E-state index >= 15 is 0 Å². The molecule has 12 nitrogen and oxygen atoms in total. The summed E-state index contributed by atoms with van der Waals surface area (Å²) in [4.78, 5) is 37.7. The van der Waals surface area contributed by atoms with Gasteiger partial charge in [0.2, 0.25) is 5.95 Å². The van der Waals surface area contributed by atoms with Gasteiger partial charge in [0.05, 0.1) is 23.9 Å². The monoisotopic (exact) mass is 522 g/mol. The molecule has 14 heteroatoms. The first kappa shape index (κ1) is 25.0. The summed E-state index contributed by atoms with van der Waals surface area (Å²) in [6.07, 6.45) is 3.01. The van der Waals surface area contributed by atoms with Gasteiger partial charge < -0.3 is 9.80 Å². The minimum Gasteiger partial charge on any atom is -0.337 e. The number of amides is 2. The van der Waals surface area contributed by atoms with Crippen molar-refractivity contribution in [2.45, 2.75) is 32.9 Å². The molecule has 2 amide bonds. The maximum Gasteiger partial charge on any atom is 0.351 e. The number of carbonyl (C=O) groups excluding carboxylic acids is 1. The Bertz CT molecular complexity index is 1520. The third-order valence-corrected chi connectivity index (χ3v) is 6.52. The summed E-state index contributed by atoms with van der Waals surface area (Å²) in [5.41, 5.74) is 0.172. The fourth-order valence-corrected chi connectivity index (χ4v) is 4.61. The van der Waals surface area contributed by atoms with Crippen LogP contribution in [0.5, 0.6) is 0 Å². The van der Waals surface area contributed by atoms with E-state index in [0.29, 0.717) is 50.5 Å². The summed E-state index contributed by atoms with van der Waals surface area (Å²) in [5.74, 6) is -0.957. The number of halogens is 2. The van der Waals surface area contributed by atoms with Gasteiger partial charge in [-0.15, -0.1) is 0 Å². The molecule has 1 atom stereocenters. The maximum atomic E-state index is 14.6. The number of hydrogen-bond acceptors (Lipinski definition) is 8. The molecule has 1 unspecified atom stereocenters. The second-order valence-corrected chi connectivity index (χ2v) is 8.86. The molecule has 1 aromatic carbocycles. The van der Waals surface area contributed by atoms with Crippen molar-refractivity contribution in [1.82, 2.24) is 34.2 Å². The summed E-state index contributed by atoms with van der Waals surface area (Å²) in [6, 6.07) is 5.07. The molecule has 2 aromatic heterocycles. The van der Waals surface area contributed by atoms with Crippen LogP contribution in [0.3, 0.4) is 0 Å². The molecule has 1 saturated heterocycles. The largest absolute Gasteiger partial charge is 0.351 e. The Morgan fingerprint density at radius 1 is 1.18 bits per heavy atom. The lowest BCUT2D eigenvalue weighted by Crippen LogP contribution is -2.52. The molecule has 0 spiro atoms. The van der Waals surface area contributed by atoms with Gasteiger partial charge >= 0.3 is 11.7 Å². The molecule has 2 aliphatic heterocycles. The van der Waals surface area contributed by atoms with E-state index in [1.54, 1.807) is 35.9 Å². The summed E-state index contributed by atoms with van der Waals surface area (Å²) in [5, 5.41) is 18.8. The van der Waals surface area contributed by atoms with Crippen LogP contribution in [0.4, 0.5) is 19.5 Å². The maximum absolute atomic E-state index is 14.6. The van der Waals surface area contributed by atoms with Crippen molar-refractivity contribution in [3.63, 3.8) is 0 Å². The Morgan fingerprint density at radius 3 is 2.63 bits per heavy atom. The van der Waals surface area contributed by atoms with Crippen molar-refractivity contribution < 1.29 is 13.6 Å². The number of hydrazone groups is 1. The van der Waals surface area contributed by atoms with Gasteiger partial charge in [0.25, 0.3) is 0 Å². The molecule has 3 aromatic rings. The standard InChI is InChI=1S/C24H24F2N10O2/c1-3-34-24(38)35(15(2)31-34)21-19(26)14-28-22(30-21)32-6-8-33(9-7-32)23(37)36-20(4-5-29-36)17-10-16(13-27)11-18(25)12-17/h5,10-12,14,20H,3-4,6-9H2,1-2H3. The van der Waals surface area contributed by atoms with Crippen LogP contribution in [-0.4, -0.2) is 72.6 Å². The van der Waals surface area contributed by atoms with E-state index in [1.807, 2.05) is 6.07 Å².